The number of hydrogen-bond acceptors (Lipinski definition) is 5. The first-order valence-corrected chi connectivity index (χ1v) is 9.62. The van der Waals surface area contributed by atoms with E-state index < -0.39 is 19.1 Å². The van der Waals surface area contributed by atoms with Crippen molar-refractivity contribution in [3.05, 3.63) is 24.3 Å². The van der Waals surface area contributed by atoms with Gasteiger partial charge in [0.1, 0.15) is 0 Å². The molecule has 0 aliphatic carbocycles. The van der Waals surface area contributed by atoms with Crippen LogP contribution < -0.4 is 4.72 Å². The average Bonchev–Trinajstić information content (AvgIpc) is 2.36. The maximum Gasteiger partial charge on any atom is 0.261 e. The Bertz CT molecular complexity index is 640. The Morgan fingerprint density at radius 3 is 2.10 bits per heavy atom. The summed E-state index contributed by atoms with van der Waals surface area (Å²) in [5.41, 5.74) is 0. The van der Waals surface area contributed by atoms with Gasteiger partial charge < -0.3 is 4.74 Å². The number of nitrogens with one attached hydrogen (secondary N) is 1. The summed E-state index contributed by atoms with van der Waals surface area (Å²) in [7, 11) is -2.41. The van der Waals surface area contributed by atoms with Gasteiger partial charge in [0.05, 0.1) is 15.9 Å². The Hall–Kier alpha value is -0.670. The van der Waals surface area contributed by atoms with Crippen LogP contribution in [-0.2, 0) is 23.8 Å². The lowest BCUT2D eigenvalue weighted by atomic mass is 10.4. The molecule has 114 valence electrons. The van der Waals surface area contributed by atoms with Crippen molar-refractivity contribution in [3.8, 4) is 0 Å². The number of rotatable bonds is 7. The normalized spacial score (nSPS) is 14.2. The van der Waals surface area contributed by atoms with Crippen molar-refractivity contribution in [1.82, 2.24) is 4.72 Å². The molecule has 9 heteroatoms. The minimum atomic E-state index is -3.86. The van der Waals surface area contributed by atoms with Gasteiger partial charge in [-0.25, -0.2) is 21.6 Å². The average molecular weight is 342 g/mol. The molecule has 6 nitrogen and oxygen atoms in total. The summed E-state index contributed by atoms with van der Waals surface area (Å²) in [4.78, 5) is -0.189. The standard InChI is InChI=1S/C11H16ClNO5S2/c1-3-18-9(2)8-13-20(16,17)11-6-4-10(5-7-11)19(12,14)15/h4-7,9,13H,3,8H2,1-2H3. The molecule has 0 fully saturated rings. The van der Waals surface area contributed by atoms with Gasteiger partial charge >= 0.3 is 0 Å². The van der Waals surface area contributed by atoms with Crippen LogP contribution in [0.2, 0.25) is 0 Å². The SMILES string of the molecule is CCOC(C)CNS(=O)(=O)c1ccc(S(=O)(=O)Cl)cc1. The number of ether oxygens (including phenoxy) is 1. The lowest BCUT2D eigenvalue weighted by Crippen LogP contribution is -2.32. The fourth-order valence-electron chi connectivity index (χ4n) is 1.44. The number of sulfonamides is 1. The van der Waals surface area contributed by atoms with E-state index in [0.29, 0.717) is 6.61 Å². The third-order valence-electron chi connectivity index (χ3n) is 2.43. The second-order valence-corrected chi connectivity index (χ2v) is 8.36. The molecule has 0 spiro atoms. The van der Waals surface area contributed by atoms with Gasteiger partial charge in [-0.1, -0.05) is 0 Å². The first-order chi connectivity index (χ1) is 9.16. The van der Waals surface area contributed by atoms with E-state index in [1.54, 1.807) is 6.92 Å². The van der Waals surface area contributed by atoms with E-state index in [1.807, 2.05) is 6.92 Å². The molecule has 1 N–H and O–H groups in total. The molecule has 0 aromatic heterocycles. The third-order valence-corrected chi connectivity index (χ3v) is 5.24. The van der Waals surface area contributed by atoms with Crippen molar-refractivity contribution < 1.29 is 21.6 Å². The Kier molecular flexibility index (Phi) is 5.96. The highest BCUT2D eigenvalue weighted by Gasteiger charge is 2.17. The Balaban J connectivity index is 2.83. The van der Waals surface area contributed by atoms with Gasteiger partial charge in [-0.05, 0) is 38.1 Å². The summed E-state index contributed by atoms with van der Waals surface area (Å²) in [5.74, 6) is 0. The van der Waals surface area contributed by atoms with Crippen molar-refractivity contribution in [3.63, 3.8) is 0 Å². The predicted octanol–water partition coefficient (Wildman–Crippen LogP) is 1.32. The van der Waals surface area contributed by atoms with Crippen molar-refractivity contribution >= 4 is 29.8 Å². The highest BCUT2D eigenvalue weighted by molar-refractivity contribution is 8.13. The van der Waals surface area contributed by atoms with Gasteiger partial charge in [0, 0.05) is 23.8 Å². The molecule has 0 aliphatic rings. The van der Waals surface area contributed by atoms with Crippen LogP contribution in [0.25, 0.3) is 0 Å². The number of halogens is 1. The van der Waals surface area contributed by atoms with Crippen LogP contribution in [0.1, 0.15) is 13.8 Å². The van der Waals surface area contributed by atoms with Crippen LogP contribution in [0.4, 0.5) is 0 Å². The number of benzene rings is 1. The van der Waals surface area contributed by atoms with E-state index in [1.165, 1.54) is 12.1 Å². The summed E-state index contributed by atoms with van der Waals surface area (Å²) in [6.45, 7) is 4.18. The van der Waals surface area contributed by atoms with E-state index in [9.17, 15) is 16.8 Å². The van der Waals surface area contributed by atoms with E-state index in [-0.39, 0.29) is 22.4 Å². The van der Waals surface area contributed by atoms with E-state index in [2.05, 4.69) is 4.72 Å². The molecular formula is C11H16ClNO5S2. The maximum absolute atomic E-state index is 12.0. The van der Waals surface area contributed by atoms with Gasteiger partial charge in [0.25, 0.3) is 9.05 Å². The number of hydrogen-bond donors (Lipinski definition) is 1. The van der Waals surface area contributed by atoms with Crippen molar-refractivity contribution in [2.45, 2.75) is 29.7 Å². The molecule has 0 bridgehead atoms. The van der Waals surface area contributed by atoms with Gasteiger partial charge in [-0.2, -0.15) is 0 Å². The fourth-order valence-corrected chi connectivity index (χ4v) is 3.32. The molecule has 20 heavy (non-hydrogen) atoms. The molecule has 0 radical (unpaired) electrons. The third kappa shape index (κ3) is 5.02. The summed E-state index contributed by atoms with van der Waals surface area (Å²) in [6, 6.07) is 4.65. The summed E-state index contributed by atoms with van der Waals surface area (Å²) >= 11 is 0. The quantitative estimate of drug-likeness (QED) is 0.755. The molecule has 1 unspecified atom stereocenters. The van der Waals surface area contributed by atoms with E-state index in [0.717, 1.165) is 12.1 Å². The molecule has 0 saturated carbocycles. The lowest BCUT2D eigenvalue weighted by Gasteiger charge is -2.13. The second kappa shape index (κ2) is 6.86. The van der Waals surface area contributed by atoms with Gasteiger partial charge in [-0.15, -0.1) is 0 Å². The summed E-state index contributed by atoms with van der Waals surface area (Å²) < 4.78 is 53.6. The molecule has 0 aliphatic heterocycles. The van der Waals surface area contributed by atoms with E-state index >= 15 is 0 Å². The van der Waals surface area contributed by atoms with E-state index in [4.69, 9.17) is 15.4 Å². The fraction of sp³-hybridized carbons (Fsp3) is 0.455. The van der Waals surface area contributed by atoms with Crippen LogP contribution in [0.3, 0.4) is 0 Å². The molecule has 1 aromatic carbocycles. The first kappa shape index (κ1) is 17.4. The van der Waals surface area contributed by atoms with Crippen molar-refractivity contribution in [1.29, 1.82) is 0 Å². The van der Waals surface area contributed by atoms with Gasteiger partial charge in [0.15, 0.2) is 0 Å². The van der Waals surface area contributed by atoms with Crippen molar-refractivity contribution in [2.24, 2.45) is 0 Å². The highest BCUT2D eigenvalue weighted by atomic mass is 35.7. The molecule has 1 aromatic rings. The zero-order chi connectivity index (χ0) is 15.4. The van der Waals surface area contributed by atoms with Crippen molar-refractivity contribution in [2.75, 3.05) is 13.2 Å². The lowest BCUT2D eigenvalue weighted by molar-refractivity contribution is 0.0799. The minimum absolute atomic E-state index is 0.0368. The molecule has 0 saturated heterocycles. The second-order valence-electron chi connectivity index (χ2n) is 4.03. The smallest absolute Gasteiger partial charge is 0.261 e. The molecule has 0 heterocycles. The van der Waals surface area contributed by atoms with Crippen LogP contribution in [-0.4, -0.2) is 36.1 Å². The Morgan fingerprint density at radius 1 is 1.15 bits per heavy atom. The molecule has 0 amide bonds. The largest absolute Gasteiger partial charge is 0.377 e. The monoisotopic (exact) mass is 341 g/mol. The van der Waals surface area contributed by atoms with Gasteiger partial charge in [0.2, 0.25) is 10.0 Å². The molecule has 1 rings (SSSR count). The zero-order valence-electron chi connectivity index (χ0n) is 11.0. The molecule has 1 atom stereocenters. The Morgan fingerprint density at radius 2 is 1.65 bits per heavy atom. The topological polar surface area (TPSA) is 89.5 Å². The van der Waals surface area contributed by atoms with Gasteiger partial charge in [-0.3, -0.25) is 0 Å². The Labute approximate surface area is 123 Å². The molecular weight excluding hydrogens is 326 g/mol. The highest BCUT2D eigenvalue weighted by Crippen LogP contribution is 2.17. The van der Waals surface area contributed by atoms with Crippen LogP contribution >= 0.6 is 10.7 Å². The minimum Gasteiger partial charge on any atom is -0.377 e. The van der Waals surface area contributed by atoms with Crippen LogP contribution in [0.5, 0.6) is 0 Å². The van der Waals surface area contributed by atoms with Crippen LogP contribution in [0, 0.1) is 0 Å². The predicted molar refractivity (Wildman–Crippen MR) is 75.8 cm³/mol. The zero-order valence-corrected chi connectivity index (χ0v) is 13.4. The summed E-state index contributed by atoms with van der Waals surface area (Å²) in [6.07, 6.45) is -0.253. The first-order valence-electron chi connectivity index (χ1n) is 5.83. The maximum atomic E-state index is 12.0. The van der Waals surface area contributed by atoms with Crippen LogP contribution in [0.15, 0.2) is 34.1 Å². The summed E-state index contributed by atoms with van der Waals surface area (Å²) in [5, 5.41) is 0.